The first-order valence-corrected chi connectivity index (χ1v) is 8.99. The van der Waals surface area contributed by atoms with Crippen LogP contribution in [0.15, 0.2) is 58.3 Å². The molecule has 0 saturated heterocycles. The van der Waals surface area contributed by atoms with Crippen molar-refractivity contribution in [3.8, 4) is 0 Å². The molecule has 0 bridgehead atoms. The van der Waals surface area contributed by atoms with Gasteiger partial charge < -0.3 is 9.11 Å². The summed E-state index contributed by atoms with van der Waals surface area (Å²) in [5.41, 5.74) is 2.30. The molecular formula is C16H18O4S2Zn. The van der Waals surface area contributed by atoms with Gasteiger partial charge in [-0.2, -0.15) is 0 Å². The Labute approximate surface area is 155 Å². The monoisotopic (exact) mass is 402 g/mol. The van der Waals surface area contributed by atoms with Crippen molar-refractivity contribution < 1.29 is 37.0 Å². The first kappa shape index (κ1) is 22.3. The number of benzene rings is 2. The number of hydrogen-bond donors (Lipinski definition) is 0. The van der Waals surface area contributed by atoms with Crippen LogP contribution in [0.3, 0.4) is 0 Å². The third-order valence-electron chi connectivity index (χ3n) is 3.05. The molecule has 0 N–H and O–H groups in total. The van der Waals surface area contributed by atoms with Crippen LogP contribution in [0, 0.1) is 0 Å². The minimum Gasteiger partial charge on any atom is -0.768 e. The van der Waals surface area contributed by atoms with Crippen LogP contribution in [-0.4, -0.2) is 17.5 Å². The molecule has 2 unspecified atom stereocenters. The average Bonchev–Trinajstić information content (AvgIpc) is 2.55. The maximum Gasteiger partial charge on any atom is 2.00 e. The molecule has 0 aromatic heterocycles. The quantitative estimate of drug-likeness (QED) is 0.580. The van der Waals surface area contributed by atoms with Gasteiger partial charge in [-0.1, -0.05) is 38.1 Å². The fourth-order valence-electron chi connectivity index (χ4n) is 1.67. The third kappa shape index (κ3) is 8.09. The Morgan fingerprint density at radius 2 is 0.957 bits per heavy atom. The van der Waals surface area contributed by atoms with E-state index in [2.05, 4.69) is 0 Å². The smallest absolute Gasteiger partial charge is 0.768 e. The molecule has 0 radical (unpaired) electrons. The second-order valence-electron chi connectivity index (χ2n) is 4.46. The largest absolute Gasteiger partial charge is 2.00 e. The van der Waals surface area contributed by atoms with Crippen molar-refractivity contribution in [1.82, 2.24) is 0 Å². The van der Waals surface area contributed by atoms with Gasteiger partial charge in [0.2, 0.25) is 0 Å². The number of hydrogen-bond acceptors (Lipinski definition) is 4. The van der Waals surface area contributed by atoms with E-state index >= 15 is 0 Å². The van der Waals surface area contributed by atoms with Crippen molar-refractivity contribution >= 4 is 22.2 Å². The molecule has 0 spiro atoms. The van der Waals surface area contributed by atoms with E-state index < -0.39 is 22.2 Å². The van der Waals surface area contributed by atoms with E-state index in [-0.39, 0.29) is 19.5 Å². The maximum atomic E-state index is 10.4. The molecule has 2 aromatic carbocycles. The zero-order valence-electron chi connectivity index (χ0n) is 13.2. The Hall–Kier alpha value is -0.717. The van der Waals surface area contributed by atoms with Crippen molar-refractivity contribution in [2.24, 2.45) is 0 Å². The summed E-state index contributed by atoms with van der Waals surface area (Å²) >= 11 is -4.18. The summed E-state index contributed by atoms with van der Waals surface area (Å²) in [6.45, 7) is 4.06. The molecular weight excluding hydrogens is 386 g/mol. The van der Waals surface area contributed by atoms with E-state index in [0.29, 0.717) is 9.79 Å². The SMILES string of the molecule is CCc1ccc(S(=O)[O-])cc1.CCc1ccc(S(=O)[O-])cc1.[Zn+2]. The number of rotatable bonds is 4. The summed E-state index contributed by atoms with van der Waals surface area (Å²) in [6.07, 6.45) is 1.87. The van der Waals surface area contributed by atoms with Gasteiger partial charge in [-0.15, -0.1) is 0 Å². The van der Waals surface area contributed by atoms with Crippen LogP contribution in [0.5, 0.6) is 0 Å². The molecule has 7 heteroatoms. The summed E-state index contributed by atoms with van der Waals surface area (Å²) < 4.78 is 41.6. The minimum atomic E-state index is -2.09. The van der Waals surface area contributed by atoms with Gasteiger partial charge in [0.05, 0.1) is 0 Å². The first-order chi connectivity index (χ1) is 10.5. The van der Waals surface area contributed by atoms with Gasteiger partial charge >= 0.3 is 19.5 Å². The van der Waals surface area contributed by atoms with Crippen molar-refractivity contribution in [1.29, 1.82) is 0 Å². The predicted octanol–water partition coefficient (Wildman–Crippen LogP) is 2.97. The molecule has 0 aliphatic carbocycles. The summed E-state index contributed by atoms with van der Waals surface area (Å²) in [6, 6.07) is 13.8. The molecule has 2 rings (SSSR count). The Balaban J connectivity index is 0.000000403. The minimum absolute atomic E-state index is 0. The first-order valence-electron chi connectivity index (χ1n) is 6.84. The van der Waals surface area contributed by atoms with Crippen molar-refractivity contribution in [2.45, 2.75) is 36.5 Å². The Morgan fingerprint density at radius 1 is 0.696 bits per heavy atom. The molecule has 0 aliphatic rings. The van der Waals surface area contributed by atoms with E-state index in [1.54, 1.807) is 24.3 Å². The summed E-state index contributed by atoms with van der Waals surface area (Å²) in [5, 5.41) is 0. The van der Waals surface area contributed by atoms with E-state index in [9.17, 15) is 17.5 Å². The van der Waals surface area contributed by atoms with Gasteiger partial charge in [-0.25, -0.2) is 0 Å². The number of aryl methyl sites for hydroxylation is 2. The van der Waals surface area contributed by atoms with Gasteiger partial charge in [0, 0.05) is 9.79 Å². The zero-order chi connectivity index (χ0) is 16.5. The van der Waals surface area contributed by atoms with Gasteiger partial charge in [0.15, 0.2) is 0 Å². The van der Waals surface area contributed by atoms with Crippen LogP contribution in [0.4, 0.5) is 0 Å². The standard InChI is InChI=1S/2C8H10O2S.Zn/c2*1-2-7-3-5-8(6-4-7)11(9)10;/h2*3-6H,2H2,1H3,(H,9,10);/q;;+2/p-2. The molecule has 0 amide bonds. The molecule has 23 heavy (non-hydrogen) atoms. The predicted molar refractivity (Wildman–Crippen MR) is 86.0 cm³/mol. The van der Waals surface area contributed by atoms with Crippen LogP contribution in [0.1, 0.15) is 25.0 Å². The molecule has 4 nitrogen and oxygen atoms in total. The molecule has 120 valence electrons. The van der Waals surface area contributed by atoms with E-state index in [0.717, 1.165) is 24.0 Å². The van der Waals surface area contributed by atoms with Crippen LogP contribution < -0.4 is 0 Å². The van der Waals surface area contributed by atoms with Gasteiger partial charge in [0.25, 0.3) is 0 Å². The van der Waals surface area contributed by atoms with E-state index in [4.69, 9.17) is 0 Å². The molecule has 0 heterocycles. The van der Waals surface area contributed by atoms with Crippen LogP contribution in [-0.2, 0) is 54.5 Å². The second-order valence-corrected chi connectivity index (χ2v) is 6.35. The maximum absolute atomic E-state index is 10.4. The Bertz CT molecular complexity index is 570. The molecule has 2 aromatic rings. The summed E-state index contributed by atoms with van der Waals surface area (Å²) in [7, 11) is 0. The normalized spacial score (nSPS) is 12.3. The van der Waals surface area contributed by atoms with Crippen molar-refractivity contribution in [3.63, 3.8) is 0 Å². The molecule has 2 atom stereocenters. The van der Waals surface area contributed by atoms with Gasteiger partial charge in [0.1, 0.15) is 0 Å². The van der Waals surface area contributed by atoms with Crippen molar-refractivity contribution in [3.05, 3.63) is 59.7 Å². The van der Waals surface area contributed by atoms with E-state index in [1.165, 1.54) is 0 Å². The average molecular weight is 404 g/mol. The summed E-state index contributed by atoms with van der Waals surface area (Å²) in [4.78, 5) is 0.699. The van der Waals surface area contributed by atoms with Crippen molar-refractivity contribution in [2.75, 3.05) is 0 Å². The fourth-order valence-corrected chi connectivity index (χ4v) is 2.39. The molecule has 0 saturated carbocycles. The topological polar surface area (TPSA) is 80.3 Å². The molecule has 0 fully saturated rings. The van der Waals surface area contributed by atoms with Crippen LogP contribution in [0.25, 0.3) is 0 Å². The van der Waals surface area contributed by atoms with Gasteiger partial charge in [-0.05, 0) is 70.4 Å². The Kier molecular flexibility index (Phi) is 11.4. The van der Waals surface area contributed by atoms with Crippen LogP contribution in [0.2, 0.25) is 0 Å². The van der Waals surface area contributed by atoms with E-state index in [1.807, 2.05) is 38.1 Å². The summed E-state index contributed by atoms with van der Waals surface area (Å²) in [5.74, 6) is 0. The molecule has 0 aliphatic heterocycles. The second kappa shape index (κ2) is 11.8. The Morgan fingerprint density at radius 3 is 1.13 bits per heavy atom. The third-order valence-corrected chi connectivity index (χ3v) is 4.36. The fraction of sp³-hybridized carbons (Fsp3) is 0.250. The van der Waals surface area contributed by atoms with Gasteiger partial charge in [-0.3, -0.25) is 8.42 Å². The van der Waals surface area contributed by atoms with Crippen LogP contribution >= 0.6 is 0 Å². The zero-order valence-corrected chi connectivity index (χ0v) is 17.8.